The molecule has 0 amide bonds. The lowest BCUT2D eigenvalue weighted by Gasteiger charge is -2.20. The van der Waals surface area contributed by atoms with Crippen molar-refractivity contribution in [3.8, 4) is 11.3 Å². The number of aromatic nitrogens is 1. The molecular weight excluding hydrogens is 312 g/mol. The highest BCUT2D eigenvalue weighted by atomic mass is 32.2. The minimum Gasteiger partial charge on any atom is -0.440 e. The number of nitrogens with two attached hydrogens (primary N) is 1. The lowest BCUT2D eigenvalue weighted by molar-refractivity contribution is 0.437. The fourth-order valence-corrected chi connectivity index (χ4v) is 3.70. The first kappa shape index (κ1) is 16.2. The van der Waals surface area contributed by atoms with E-state index >= 15 is 0 Å². The fraction of sp³-hybridized carbons (Fsp3) is 0.471. The molecule has 2 N–H and O–H groups in total. The smallest absolute Gasteiger partial charge is 0.238 e. The van der Waals surface area contributed by atoms with Gasteiger partial charge in [0.15, 0.2) is 11.7 Å². The molecule has 1 aliphatic carbocycles. The zero-order chi connectivity index (χ0) is 16.4. The van der Waals surface area contributed by atoms with Gasteiger partial charge >= 0.3 is 0 Å². The molecule has 1 aliphatic rings. The Morgan fingerprint density at radius 1 is 1.17 bits per heavy atom. The van der Waals surface area contributed by atoms with Crippen LogP contribution in [0.5, 0.6) is 0 Å². The number of hydrogen-bond acceptors (Lipinski definition) is 4. The Hall–Kier alpha value is -1.66. The summed E-state index contributed by atoms with van der Waals surface area (Å²) >= 11 is 0. The Balaban J connectivity index is 1.99. The summed E-state index contributed by atoms with van der Waals surface area (Å²) in [7, 11) is -3.68. The first-order chi connectivity index (χ1) is 11.0. The first-order valence-electron chi connectivity index (χ1n) is 8.12. The van der Waals surface area contributed by atoms with Crippen molar-refractivity contribution in [2.45, 2.75) is 56.3 Å². The summed E-state index contributed by atoms with van der Waals surface area (Å²) in [4.78, 5) is 4.80. The van der Waals surface area contributed by atoms with E-state index < -0.39 is 10.0 Å². The Morgan fingerprint density at radius 3 is 2.39 bits per heavy atom. The van der Waals surface area contributed by atoms with E-state index in [9.17, 15) is 8.42 Å². The predicted octanol–water partition coefficient (Wildman–Crippen LogP) is 3.60. The maximum Gasteiger partial charge on any atom is 0.238 e. The molecule has 0 atom stereocenters. The summed E-state index contributed by atoms with van der Waals surface area (Å²) in [5, 5.41) is 5.15. The van der Waals surface area contributed by atoms with Gasteiger partial charge in [0.05, 0.1) is 10.6 Å². The van der Waals surface area contributed by atoms with E-state index in [0.717, 1.165) is 42.2 Å². The molecule has 1 saturated carbocycles. The molecule has 0 radical (unpaired) electrons. The molecular formula is C17H22N2O3S. The Kier molecular flexibility index (Phi) is 4.55. The van der Waals surface area contributed by atoms with E-state index in [1.165, 1.54) is 31.4 Å². The van der Waals surface area contributed by atoms with Crippen LogP contribution in [0.2, 0.25) is 0 Å². The quantitative estimate of drug-likeness (QED) is 0.925. The zero-order valence-electron chi connectivity index (χ0n) is 13.3. The molecule has 0 aliphatic heterocycles. The highest BCUT2D eigenvalue weighted by Gasteiger charge is 2.24. The summed E-state index contributed by atoms with van der Waals surface area (Å²) in [6.07, 6.45) is 6.75. The van der Waals surface area contributed by atoms with Crippen LogP contribution < -0.4 is 5.14 Å². The number of benzene rings is 1. The molecule has 6 heteroatoms. The molecule has 0 spiro atoms. The molecule has 1 fully saturated rings. The van der Waals surface area contributed by atoms with Gasteiger partial charge in [-0.25, -0.2) is 18.5 Å². The minimum atomic E-state index is -3.68. The van der Waals surface area contributed by atoms with E-state index in [2.05, 4.69) is 0 Å². The van der Waals surface area contributed by atoms with Gasteiger partial charge in [0.2, 0.25) is 10.0 Å². The first-order valence-corrected chi connectivity index (χ1v) is 9.66. The second-order valence-corrected chi connectivity index (χ2v) is 7.64. The van der Waals surface area contributed by atoms with Crippen molar-refractivity contribution in [2.75, 3.05) is 0 Å². The van der Waals surface area contributed by atoms with Gasteiger partial charge in [-0.2, -0.15) is 0 Å². The summed E-state index contributed by atoms with van der Waals surface area (Å²) in [5.41, 5.74) is 1.87. The third-order valence-electron chi connectivity index (χ3n) is 4.44. The molecule has 1 heterocycles. The van der Waals surface area contributed by atoms with Crippen LogP contribution in [-0.2, 0) is 16.4 Å². The predicted molar refractivity (Wildman–Crippen MR) is 88.5 cm³/mol. The summed E-state index contributed by atoms with van der Waals surface area (Å²) in [6.45, 7) is 2.02. The van der Waals surface area contributed by atoms with Crippen LogP contribution >= 0.6 is 0 Å². The number of primary sulfonamides is 1. The summed E-state index contributed by atoms with van der Waals surface area (Å²) < 4.78 is 28.7. The van der Waals surface area contributed by atoms with E-state index in [-0.39, 0.29) is 4.90 Å². The van der Waals surface area contributed by atoms with E-state index in [4.69, 9.17) is 14.5 Å². The van der Waals surface area contributed by atoms with E-state index in [1.807, 2.05) is 6.92 Å². The zero-order valence-corrected chi connectivity index (χ0v) is 14.1. The second kappa shape index (κ2) is 6.45. The van der Waals surface area contributed by atoms with E-state index in [1.54, 1.807) is 12.1 Å². The van der Waals surface area contributed by atoms with Gasteiger partial charge in [0.1, 0.15) is 0 Å². The van der Waals surface area contributed by atoms with Crippen LogP contribution in [0.3, 0.4) is 0 Å². The average Bonchev–Trinajstić information content (AvgIpc) is 2.99. The van der Waals surface area contributed by atoms with Crippen molar-refractivity contribution >= 4 is 10.0 Å². The topological polar surface area (TPSA) is 86.2 Å². The molecule has 23 heavy (non-hydrogen) atoms. The van der Waals surface area contributed by atoms with Crippen molar-refractivity contribution in [3.63, 3.8) is 0 Å². The van der Waals surface area contributed by atoms with Crippen molar-refractivity contribution in [1.29, 1.82) is 0 Å². The van der Waals surface area contributed by atoms with Gasteiger partial charge in [-0.3, -0.25) is 0 Å². The number of oxazole rings is 1. The molecule has 1 aromatic carbocycles. The minimum absolute atomic E-state index is 0.107. The van der Waals surface area contributed by atoms with Crippen molar-refractivity contribution in [2.24, 2.45) is 5.14 Å². The number of aryl methyl sites for hydroxylation is 1. The van der Waals surface area contributed by atoms with Crippen molar-refractivity contribution in [1.82, 2.24) is 4.98 Å². The number of sulfonamides is 1. The Morgan fingerprint density at radius 2 is 1.83 bits per heavy atom. The normalized spacial score (nSPS) is 16.6. The molecule has 0 bridgehead atoms. The molecule has 1 aromatic heterocycles. The number of nitrogens with zero attached hydrogens (tertiary/aromatic N) is 1. The monoisotopic (exact) mass is 334 g/mol. The average molecular weight is 334 g/mol. The maximum absolute atomic E-state index is 11.4. The lowest BCUT2D eigenvalue weighted by atomic mass is 9.85. The number of rotatable bonds is 4. The van der Waals surface area contributed by atoms with Gasteiger partial charge in [-0.1, -0.05) is 26.2 Å². The van der Waals surface area contributed by atoms with Crippen molar-refractivity contribution < 1.29 is 12.8 Å². The molecule has 3 rings (SSSR count). The van der Waals surface area contributed by atoms with Crippen LogP contribution in [0.1, 0.15) is 56.5 Å². The third kappa shape index (κ3) is 3.48. The second-order valence-electron chi connectivity index (χ2n) is 6.08. The lowest BCUT2D eigenvalue weighted by Crippen LogP contribution is -2.11. The molecule has 2 aromatic rings. The van der Waals surface area contributed by atoms with Gasteiger partial charge in [0.25, 0.3) is 0 Å². The summed E-state index contributed by atoms with van der Waals surface area (Å²) in [5.74, 6) is 1.94. The SMILES string of the molecule is CCc1nc(C2CCCCC2)c(-c2ccc(S(N)(=O)=O)cc2)o1. The summed E-state index contributed by atoms with van der Waals surface area (Å²) in [6, 6.07) is 6.52. The molecule has 0 unspecified atom stereocenters. The molecule has 124 valence electrons. The number of hydrogen-bond donors (Lipinski definition) is 1. The maximum atomic E-state index is 11.4. The van der Waals surface area contributed by atoms with Crippen molar-refractivity contribution in [3.05, 3.63) is 35.9 Å². The van der Waals surface area contributed by atoms with Gasteiger partial charge < -0.3 is 4.42 Å². The fourth-order valence-electron chi connectivity index (χ4n) is 3.18. The van der Waals surface area contributed by atoms with Crippen LogP contribution in [0.15, 0.2) is 33.6 Å². The Labute approximate surface area is 137 Å². The highest BCUT2D eigenvalue weighted by molar-refractivity contribution is 7.89. The van der Waals surface area contributed by atoms with Crippen LogP contribution in [0.25, 0.3) is 11.3 Å². The van der Waals surface area contributed by atoms with Crippen LogP contribution in [0, 0.1) is 0 Å². The Bertz CT molecular complexity index is 773. The van der Waals surface area contributed by atoms with Gasteiger partial charge in [0, 0.05) is 17.9 Å². The van der Waals surface area contributed by atoms with E-state index in [0.29, 0.717) is 5.92 Å². The van der Waals surface area contributed by atoms with Gasteiger partial charge in [-0.05, 0) is 37.1 Å². The standard InChI is InChI=1S/C17H22N2O3S/c1-2-15-19-16(12-6-4-3-5-7-12)17(22-15)13-8-10-14(11-9-13)23(18,20)21/h8-12H,2-7H2,1H3,(H2,18,20,21). The van der Waals surface area contributed by atoms with Crippen LogP contribution in [-0.4, -0.2) is 13.4 Å². The van der Waals surface area contributed by atoms with Gasteiger partial charge in [-0.15, -0.1) is 0 Å². The highest BCUT2D eigenvalue weighted by Crippen LogP contribution is 2.38. The van der Waals surface area contributed by atoms with Crippen LogP contribution in [0.4, 0.5) is 0 Å². The largest absolute Gasteiger partial charge is 0.440 e. The molecule has 5 nitrogen and oxygen atoms in total. The molecule has 0 saturated heterocycles. The third-order valence-corrected chi connectivity index (χ3v) is 5.37.